The molecule has 0 fully saturated rings. The summed E-state index contributed by atoms with van der Waals surface area (Å²) in [5, 5.41) is 15.2. The molecule has 1 aromatic carbocycles. The van der Waals surface area contributed by atoms with Gasteiger partial charge in [-0.15, -0.1) is 0 Å². The number of benzene rings is 1. The second-order valence-electron chi connectivity index (χ2n) is 4.22. The van der Waals surface area contributed by atoms with E-state index in [-0.39, 0.29) is 12.5 Å². The molecule has 1 aromatic heterocycles. The molecule has 5 heteroatoms. The third-order valence-corrected chi connectivity index (χ3v) is 2.57. The lowest BCUT2D eigenvalue weighted by molar-refractivity contribution is 0.0950. The molecule has 1 heterocycles. The zero-order chi connectivity index (χ0) is 14.4. The highest BCUT2D eigenvalue weighted by Crippen LogP contribution is 2.09. The third kappa shape index (κ3) is 3.70. The number of aryl methyl sites for hydroxylation is 1. The summed E-state index contributed by atoms with van der Waals surface area (Å²) >= 11 is 0. The first-order valence-corrected chi connectivity index (χ1v) is 6.08. The zero-order valence-corrected chi connectivity index (χ0v) is 11.0. The highest BCUT2D eigenvalue weighted by molar-refractivity contribution is 5.94. The summed E-state index contributed by atoms with van der Waals surface area (Å²) < 4.78 is 4.69. The van der Waals surface area contributed by atoms with E-state index in [2.05, 4.69) is 22.3 Å². The molecule has 5 nitrogen and oxygen atoms in total. The number of hydrogen-bond acceptors (Lipinski definition) is 4. The van der Waals surface area contributed by atoms with Crippen molar-refractivity contribution in [3.05, 3.63) is 52.9 Å². The van der Waals surface area contributed by atoms with Gasteiger partial charge in [0.2, 0.25) is 0 Å². The number of aliphatic hydroxyl groups excluding tert-OH is 1. The Bertz CT molecular complexity index is 651. The number of amides is 1. The Morgan fingerprint density at radius 3 is 3.00 bits per heavy atom. The highest BCUT2D eigenvalue weighted by atomic mass is 16.5. The third-order valence-electron chi connectivity index (χ3n) is 2.57. The van der Waals surface area contributed by atoms with Crippen LogP contribution in [0.25, 0.3) is 0 Å². The van der Waals surface area contributed by atoms with Gasteiger partial charge in [-0.1, -0.05) is 17.0 Å². The van der Waals surface area contributed by atoms with Crippen LogP contribution in [0.2, 0.25) is 0 Å². The van der Waals surface area contributed by atoms with Gasteiger partial charge in [-0.2, -0.15) is 0 Å². The van der Waals surface area contributed by atoms with E-state index in [4.69, 9.17) is 9.63 Å². The number of nitrogens with one attached hydrogen (secondary N) is 1. The van der Waals surface area contributed by atoms with Crippen molar-refractivity contribution in [1.82, 2.24) is 10.5 Å². The molecular weight excluding hydrogens is 256 g/mol. The summed E-state index contributed by atoms with van der Waals surface area (Å²) in [6.07, 6.45) is 1.46. The summed E-state index contributed by atoms with van der Waals surface area (Å²) in [6, 6.07) is 7.02. The Balaban J connectivity index is 2.10. The van der Waals surface area contributed by atoms with E-state index in [0.717, 1.165) is 5.56 Å². The summed E-state index contributed by atoms with van der Waals surface area (Å²) in [5.41, 5.74) is 2.81. The second-order valence-corrected chi connectivity index (χ2v) is 4.22. The molecule has 0 saturated carbocycles. The van der Waals surface area contributed by atoms with Crippen molar-refractivity contribution < 1.29 is 14.4 Å². The molecule has 2 N–H and O–H groups in total. The lowest BCUT2D eigenvalue weighted by Gasteiger charge is -2.05. The monoisotopic (exact) mass is 270 g/mol. The quantitative estimate of drug-likeness (QED) is 0.823. The molecule has 102 valence electrons. The van der Waals surface area contributed by atoms with Gasteiger partial charge in [-0.05, 0) is 30.7 Å². The fourth-order valence-electron chi connectivity index (χ4n) is 1.73. The lowest BCUT2D eigenvalue weighted by atomic mass is 10.1. The molecular formula is C15H14N2O3. The first kappa shape index (κ1) is 13.8. The fraction of sp³-hybridized carbons (Fsp3) is 0.200. The molecule has 0 aliphatic carbocycles. The molecule has 0 aliphatic rings. The first-order valence-electron chi connectivity index (χ1n) is 6.08. The van der Waals surface area contributed by atoms with Crippen LogP contribution >= 0.6 is 0 Å². The van der Waals surface area contributed by atoms with Crippen molar-refractivity contribution in [2.24, 2.45) is 0 Å². The maximum Gasteiger partial charge on any atom is 0.251 e. The number of carbonyl (C=O) groups excluding carboxylic acids is 1. The van der Waals surface area contributed by atoms with Crippen LogP contribution in [0.4, 0.5) is 0 Å². The molecule has 2 aromatic rings. The minimum Gasteiger partial charge on any atom is -0.384 e. The smallest absolute Gasteiger partial charge is 0.251 e. The average Bonchev–Trinajstić information content (AvgIpc) is 2.95. The van der Waals surface area contributed by atoms with Gasteiger partial charge >= 0.3 is 0 Å². The van der Waals surface area contributed by atoms with Crippen molar-refractivity contribution in [3.63, 3.8) is 0 Å². The van der Waals surface area contributed by atoms with Crippen LogP contribution in [-0.2, 0) is 6.54 Å². The number of aliphatic hydroxyl groups is 1. The van der Waals surface area contributed by atoms with Gasteiger partial charge in [-0.25, -0.2) is 0 Å². The number of nitrogens with zero attached hydrogens (tertiary/aromatic N) is 1. The van der Waals surface area contributed by atoms with Crippen LogP contribution in [0.15, 0.2) is 35.1 Å². The van der Waals surface area contributed by atoms with Crippen molar-refractivity contribution in [2.75, 3.05) is 6.61 Å². The Kier molecular flexibility index (Phi) is 4.53. The predicted molar refractivity (Wildman–Crippen MR) is 72.8 cm³/mol. The maximum absolute atomic E-state index is 12.1. The van der Waals surface area contributed by atoms with E-state index in [9.17, 15) is 4.79 Å². The summed E-state index contributed by atoms with van der Waals surface area (Å²) in [4.78, 5) is 12.1. The van der Waals surface area contributed by atoms with Gasteiger partial charge < -0.3 is 14.9 Å². The van der Waals surface area contributed by atoms with Crippen LogP contribution in [0, 0.1) is 18.8 Å². The number of carbonyl (C=O) groups is 1. The minimum atomic E-state index is -0.207. The molecule has 0 aliphatic heterocycles. The van der Waals surface area contributed by atoms with Gasteiger partial charge in [0.25, 0.3) is 5.91 Å². The molecule has 0 unspecified atom stereocenters. The summed E-state index contributed by atoms with van der Waals surface area (Å²) in [6.45, 7) is 1.99. The molecule has 1 amide bonds. The van der Waals surface area contributed by atoms with E-state index in [1.165, 1.54) is 6.26 Å². The maximum atomic E-state index is 12.1. The SMILES string of the molecule is Cc1cc(C#CCO)cc(C(=O)NCc2ccon2)c1. The normalized spacial score (nSPS) is 9.70. The summed E-state index contributed by atoms with van der Waals surface area (Å²) in [5.74, 6) is 5.15. The number of aromatic nitrogens is 1. The molecule has 0 saturated heterocycles. The zero-order valence-electron chi connectivity index (χ0n) is 11.0. The minimum absolute atomic E-state index is 0.205. The van der Waals surface area contributed by atoms with Crippen molar-refractivity contribution in [2.45, 2.75) is 13.5 Å². The Labute approximate surface area is 116 Å². The van der Waals surface area contributed by atoms with E-state index in [1.807, 2.05) is 13.0 Å². The highest BCUT2D eigenvalue weighted by Gasteiger charge is 2.07. The van der Waals surface area contributed by atoms with Crippen LogP contribution < -0.4 is 5.32 Å². The van der Waals surface area contributed by atoms with E-state index in [1.54, 1.807) is 18.2 Å². The molecule has 0 bridgehead atoms. The van der Waals surface area contributed by atoms with Gasteiger partial charge in [0.05, 0.1) is 6.54 Å². The lowest BCUT2D eigenvalue weighted by Crippen LogP contribution is -2.23. The van der Waals surface area contributed by atoms with Crippen molar-refractivity contribution in [1.29, 1.82) is 0 Å². The largest absolute Gasteiger partial charge is 0.384 e. The molecule has 20 heavy (non-hydrogen) atoms. The van der Waals surface area contributed by atoms with E-state index >= 15 is 0 Å². The van der Waals surface area contributed by atoms with E-state index in [0.29, 0.717) is 23.4 Å². The fourth-order valence-corrected chi connectivity index (χ4v) is 1.73. The van der Waals surface area contributed by atoms with Crippen LogP contribution in [-0.4, -0.2) is 22.8 Å². The van der Waals surface area contributed by atoms with E-state index < -0.39 is 0 Å². The Morgan fingerprint density at radius 2 is 2.30 bits per heavy atom. The topological polar surface area (TPSA) is 75.4 Å². The Morgan fingerprint density at radius 1 is 1.45 bits per heavy atom. The van der Waals surface area contributed by atoms with Gasteiger partial charge in [0, 0.05) is 17.2 Å². The van der Waals surface area contributed by atoms with Crippen molar-refractivity contribution >= 4 is 5.91 Å². The predicted octanol–water partition coefficient (Wildman–Crippen LogP) is 1.26. The first-order chi connectivity index (χ1) is 9.69. The molecule has 0 radical (unpaired) electrons. The standard InChI is InChI=1S/C15H14N2O3/c1-11-7-12(3-2-5-18)9-13(8-11)15(19)16-10-14-4-6-20-17-14/h4,6-9,18H,5,10H2,1H3,(H,16,19). The molecule has 2 rings (SSSR count). The van der Waals surface area contributed by atoms with Crippen LogP contribution in [0.3, 0.4) is 0 Å². The van der Waals surface area contributed by atoms with Gasteiger partial charge in [0.15, 0.2) is 0 Å². The van der Waals surface area contributed by atoms with Crippen molar-refractivity contribution in [3.8, 4) is 11.8 Å². The second kappa shape index (κ2) is 6.55. The summed E-state index contributed by atoms with van der Waals surface area (Å²) in [7, 11) is 0. The van der Waals surface area contributed by atoms with Gasteiger partial charge in [-0.3, -0.25) is 4.79 Å². The van der Waals surface area contributed by atoms with Crippen LogP contribution in [0.1, 0.15) is 27.2 Å². The molecule has 0 atom stereocenters. The average molecular weight is 270 g/mol. The number of rotatable bonds is 3. The number of hydrogen-bond donors (Lipinski definition) is 2. The Hall–Kier alpha value is -2.58. The van der Waals surface area contributed by atoms with Gasteiger partial charge in [0.1, 0.15) is 18.6 Å². The van der Waals surface area contributed by atoms with Crippen LogP contribution in [0.5, 0.6) is 0 Å². The molecule has 0 spiro atoms.